The maximum absolute atomic E-state index is 11.4. The number of hydrogen-bond acceptors (Lipinski definition) is 3. The van der Waals surface area contributed by atoms with Gasteiger partial charge in [0.2, 0.25) is 5.91 Å². The van der Waals surface area contributed by atoms with E-state index in [-0.39, 0.29) is 11.9 Å². The number of benzene rings is 1. The first-order chi connectivity index (χ1) is 8.58. The molecule has 0 saturated carbocycles. The molecule has 18 heavy (non-hydrogen) atoms. The molecular weight excluding hydrogens is 250 g/mol. The average molecular weight is 268 g/mol. The summed E-state index contributed by atoms with van der Waals surface area (Å²) >= 11 is 5.94. The molecule has 2 rings (SSSR count). The summed E-state index contributed by atoms with van der Waals surface area (Å²) in [6, 6.07) is 5.61. The van der Waals surface area contributed by atoms with E-state index in [9.17, 15) is 4.79 Å². The van der Waals surface area contributed by atoms with Crippen molar-refractivity contribution in [2.75, 3.05) is 19.6 Å². The van der Waals surface area contributed by atoms with Crippen molar-refractivity contribution in [3.8, 4) is 0 Å². The number of hydrogen-bond donors (Lipinski definition) is 2. The lowest BCUT2D eigenvalue weighted by Gasteiger charge is -2.34. The van der Waals surface area contributed by atoms with Gasteiger partial charge in [0.1, 0.15) is 6.04 Å². The molecule has 98 valence electrons. The molecule has 1 atom stereocenters. The van der Waals surface area contributed by atoms with Crippen LogP contribution in [0, 0.1) is 6.92 Å². The standard InChI is InChI=1S/C13H18ClN3O/c1-9-6-11(14)3-2-10(9)8-17-5-4-16-7-12(17)13(15)18/h2-3,6,12,16H,4-5,7-8H2,1H3,(H2,15,18). The first-order valence-electron chi connectivity index (χ1n) is 6.07. The Bertz CT molecular complexity index is 450. The second kappa shape index (κ2) is 5.69. The number of primary amides is 1. The van der Waals surface area contributed by atoms with Crippen molar-refractivity contribution in [1.82, 2.24) is 10.2 Å². The second-order valence-corrected chi connectivity index (χ2v) is 5.10. The van der Waals surface area contributed by atoms with E-state index in [1.165, 1.54) is 5.56 Å². The molecule has 0 spiro atoms. The van der Waals surface area contributed by atoms with E-state index in [0.29, 0.717) is 6.54 Å². The third-order valence-corrected chi connectivity index (χ3v) is 3.60. The highest BCUT2D eigenvalue weighted by Crippen LogP contribution is 2.18. The number of nitrogens with one attached hydrogen (secondary N) is 1. The smallest absolute Gasteiger partial charge is 0.236 e. The lowest BCUT2D eigenvalue weighted by molar-refractivity contribution is -0.124. The van der Waals surface area contributed by atoms with Crippen LogP contribution in [0.4, 0.5) is 0 Å². The number of aryl methyl sites for hydroxylation is 1. The van der Waals surface area contributed by atoms with Crippen molar-refractivity contribution >= 4 is 17.5 Å². The van der Waals surface area contributed by atoms with E-state index in [1.54, 1.807) is 0 Å². The monoisotopic (exact) mass is 267 g/mol. The van der Waals surface area contributed by atoms with Crippen LogP contribution >= 0.6 is 11.6 Å². The van der Waals surface area contributed by atoms with Gasteiger partial charge in [-0.05, 0) is 30.2 Å². The van der Waals surface area contributed by atoms with Crippen LogP contribution in [0.2, 0.25) is 5.02 Å². The SMILES string of the molecule is Cc1cc(Cl)ccc1CN1CCNCC1C(N)=O. The molecule has 1 heterocycles. The Kier molecular flexibility index (Phi) is 4.22. The maximum atomic E-state index is 11.4. The molecular formula is C13H18ClN3O. The highest BCUT2D eigenvalue weighted by atomic mass is 35.5. The van der Waals surface area contributed by atoms with Crippen molar-refractivity contribution in [2.45, 2.75) is 19.5 Å². The van der Waals surface area contributed by atoms with E-state index < -0.39 is 0 Å². The summed E-state index contributed by atoms with van der Waals surface area (Å²) in [6.07, 6.45) is 0. The van der Waals surface area contributed by atoms with Gasteiger partial charge in [-0.3, -0.25) is 9.69 Å². The first-order valence-corrected chi connectivity index (χ1v) is 6.45. The van der Waals surface area contributed by atoms with Crippen LogP contribution in [0.15, 0.2) is 18.2 Å². The number of nitrogens with two attached hydrogens (primary N) is 1. The molecule has 1 amide bonds. The van der Waals surface area contributed by atoms with Gasteiger partial charge in [0.05, 0.1) is 0 Å². The molecule has 4 nitrogen and oxygen atoms in total. The van der Waals surface area contributed by atoms with Gasteiger partial charge in [0.15, 0.2) is 0 Å². The molecule has 1 saturated heterocycles. The van der Waals surface area contributed by atoms with Crippen molar-refractivity contribution in [3.63, 3.8) is 0 Å². The van der Waals surface area contributed by atoms with Crippen LogP contribution in [0.25, 0.3) is 0 Å². The van der Waals surface area contributed by atoms with Crippen molar-refractivity contribution in [3.05, 3.63) is 34.3 Å². The van der Waals surface area contributed by atoms with Gasteiger partial charge in [-0.1, -0.05) is 17.7 Å². The molecule has 3 N–H and O–H groups in total. The van der Waals surface area contributed by atoms with Gasteiger partial charge in [-0.2, -0.15) is 0 Å². The Morgan fingerprint density at radius 2 is 2.39 bits per heavy atom. The molecule has 1 unspecified atom stereocenters. The van der Waals surface area contributed by atoms with E-state index >= 15 is 0 Å². The summed E-state index contributed by atoms with van der Waals surface area (Å²) in [5, 5.41) is 3.93. The maximum Gasteiger partial charge on any atom is 0.236 e. The number of piperazine rings is 1. The predicted octanol–water partition coefficient (Wildman–Crippen LogP) is 0.908. The highest BCUT2D eigenvalue weighted by molar-refractivity contribution is 6.30. The molecule has 1 aromatic rings. The summed E-state index contributed by atoms with van der Waals surface area (Å²) in [7, 11) is 0. The molecule has 1 fully saturated rings. The third-order valence-electron chi connectivity index (χ3n) is 3.36. The lowest BCUT2D eigenvalue weighted by atomic mass is 10.1. The van der Waals surface area contributed by atoms with Gasteiger partial charge in [0.25, 0.3) is 0 Å². The van der Waals surface area contributed by atoms with Crippen LogP contribution in [0.1, 0.15) is 11.1 Å². The number of carbonyl (C=O) groups is 1. The van der Waals surface area contributed by atoms with E-state index in [0.717, 1.165) is 30.2 Å². The zero-order valence-corrected chi connectivity index (χ0v) is 11.2. The molecule has 0 bridgehead atoms. The zero-order valence-electron chi connectivity index (χ0n) is 10.4. The van der Waals surface area contributed by atoms with E-state index in [4.69, 9.17) is 17.3 Å². The lowest BCUT2D eigenvalue weighted by Crippen LogP contribution is -2.56. The topological polar surface area (TPSA) is 58.4 Å². The van der Waals surface area contributed by atoms with E-state index in [1.807, 2.05) is 25.1 Å². The molecule has 5 heteroatoms. The molecule has 1 aliphatic rings. The summed E-state index contributed by atoms with van der Waals surface area (Å²) in [5.74, 6) is -0.270. The van der Waals surface area contributed by atoms with Gasteiger partial charge in [0, 0.05) is 31.2 Å². The Balaban J connectivity index is 2.13. The Labute approximate surface area is 112 Å². The summed E-state index contributed by atoms with van der Waals surface area (Å²) in [6.45, 7) is 5.11. The fraction of sp³-hybridized carbons (Fsp3) is 0.462. The normalized spacial score (nSPS) is 20.9. The summed E-state index contributed by atoms with van der Waals surface area (Å²) < 4.78 is 0. The van der Waals surface area contributed by atoms with Crippen molar-refractivity contribution < 1.29 is 4.79 Å². The van der Waals surface area contributed by atoms with Gasteiger partial charge >= 0.3 is 0 Å². The van der Waals surface area contributed by atoms with Crippen LogP contribution in [0.5, 0.6) is 0 Å². The molecule has 0 aromatic heterocycles. The largest absolute Gasteiger partial charge is 0.368 e. The molecule has 1 aliphatic heterocycles. The quantitative estimate of drug-likeness (QED) is 0.856. The molecule has 1 aromatic carbocycles. The fourth-order valence-corrected chi connectivity index (χ4v) is 2.50. The Hall–Kier alpha value is -1.10. The summed E-state index contributed by atoms with van der Waals surface area (Å²) in [5.41, 5.74) is 7.76. The fourth-order valence-electron chi connectivity index (χ4n) is 2.27. The van der Waals surface area contributed by atoms with Crippen LogP contribution in [-0.4, -0.2) is 36.5 Å². The summed E-state index contributed by atoms with van der Waals surface area (Å²) in [4.78, 5) is 13.5. The van der Waals surface area contributed by atoms with Crippen LogP contribution < -0.4 is 11.1 Å². The predicted molar refractivity (Wildman–Crippen MR) is 72.5 cm³/mol. The van der Waals surface area contributed by atoms with Crippen molar-refractivity contribution in [2.24, 2.45) is 5.73 Å². The first kappa shape index (κ1) is 13.3. The van der Waals surface area contributed by atoms with Crippen LogP contribution in [0.3, 0.4) is 0 Å². The van der Waals surface area contributed by atoms with Crippen LogP contribution in [-0.2, 0) is 11.3 Å². The third kappa shape index (κ3) is 3.02. The Morgan fingerprint density at radius 1 is 1.61 bits per heavy atom. The number of carbonyl (C=O) groups excluding carboxylic acids is 1. The molecule has 0 aliphatic carbocycles. The van der Waals surface area contributed by atoms with Gasteiger partial charge < -0.3 is 11.1 Å². The molecule has 0 radical (unpaired) electrons. The van der Waals surface area contributed by atoms with Gasteiger partial charge in [-0.15, -0.1) is 0 Å². The number of nitrogens with zero attached hydrogens (tertiary/aromatic N) is 1. The zero-order chi connectivity index (χ0) is 13.1. The Morgan fingerprint density at radius 3 is 3.06 bits per heavy atom. The minimum absolute atomic E-state index is 0.228. The minimum Gasteiger partial charge on any atom is -0.368 e. The number of amides is 1. The van der Waals surface area contributed by atoms with E-state index in [2.05, 4.69) is 10.2 Å². The van der Waals surface area contributed by atoms with Crippen molar-refractivity contribution in [1.29, 1.82) is 0 Å². The average Bonchev–Trinajstić information content (AvgIpc) is 2.33. The minimum atomic E-state index is -0.270. The number of rotatable bonds is 3. The van der Waals surface area contributed by atoms with Gasteiger partial charge in [-0.25, -0.2) is 0 Å². The number of halogens is 1. The second-order valence-electron chi connectivity index (χ2n) is 4.66. The highest BCUT2D eigenvalue weighted by Gasteiger charge is 2.26.